The number of pyridine rings is 1. The molecule has 29 heavy (non-hydrogen) atoms. The first-order valence-corrected chi connectivity index (χ1v) is 10.2. The van der Waals surface area contributed by atoms with Gasteiger partial charge in [-0.1, -0.05) is 43.2 Å². The summed E-state index contributed by atoms with van der Waals surface area (Å²) in [7, 11) is 2.06. The minimum absolute atomic E-state index is 0.188. The summed E-state index contributed by atoms with van der Waals surface area (Å²) in [4.78, 5) is 28.3. The van der Waals surface area contributed by atoms with Crippen LogP contribution >= 0.6 is 0 Å². The van der Waals surface area contributed by atoms with E-state index in [-0.39, 0.29) is 16.9 Å². The molecule has 4 rings (SSSR count). The molecule has 0 atom stereocenters. The monoisotopic (exact) mass is 389 g/mol. The lowest BCUT2D eigenvalue weighted by Gasteiger charge is -2.30. The van der Waals surface area contributed by atoms with Crippen LogP contribution in [0.25, 0.3) is 10.9 Å². The van der Waals surface area contributed by atoms with Crippen LogP contribution in [0.15, 0.2) is 47.4 Å². The van der Waals surface area contributed by atoms with E-state index in [4.69, 9.17) is 0 Å². The fraction of sp³-hybridized carbons (Fsp3) is 0.333. The molecule has 1 aromatic heterocycles. The molecular weight excluding hydrogens is 362 g/mol. The van der Waals surface area contributed by atoms with Crippen molar-refractivity contribution in [1.82, 2.24) is 9.88 Å². The van der Waals surface area contributed by atoms with Crippen LogP contribution in [0.2, 0.25) is 0 Å². The second kappa shape index (κ2) is 7.74. The molecule has 1 aliphatic rings. The number of amides is 1. The number of aryl methyl sites for hydroxylation is 2. The summed E-state index contributed by atoms with van der Waals surface area (Å²) >= 11 is 0. The molecule has 0 fully saturated rings. The van der Waals surface area contributed by atoms with Gasteiger partial charge >= 0.3 is 0 Å². The van der Waals surface area contributed by atoms with Gasteiger partial charge in [-0.3, -0.25) is 9.59 Å². The highest BCUT2D eigenvalue weighted by Gasteiger charge is 2.22. The van der Waals surface area contributed by atoms with Crippen molar-refractivity contribution in [3.63, 3.8) is 0 Å². The van der Waals surface area contributed by atoms with Gasteiger partial charge in [-0.05, 0) is 36.6 Å². The molecule has 1 N–H and O–H groups in total. The van der Waals surface area contributed by atoms with Crippen molar-refractivity contribution < 1.29 is 4.79 Å². The van der Waals surface area contributed by atoms with Crippen molar-refractivity contribution in [2.75, 3.05) is 18.5 Å². The molecule has 5 heteroatoms. The smallest absolute Gasteiger partial charge is 0.257 e. The molecule has 0 aliphatic carbocycles. The first-order valence-electron chi connectivity index (χ1n) is 10.2. The number of hydrogen-bond acceptors (Lipinski definition) is 3. The SMILES string of the molecule is CCCc1cc2c3c(c1)c(=O)c(C(=O)NCc1ccc(C)cc1)cn3CCN2C. The maximum Gasteiger partial charge on any atom is 0.257 e. The average Bonchev–Trinajstić information content (AvgIpc) is 2.72. The molecule has 3 aromatic rings. The number of carbonyl (C=O) groups is 1. The Balaban J connectivity index is 1.73. The Morgan fingerprint density at radius 2 is 1.86 bits per heavy atom. The molecule has 0 radical (unpaired) electrons. The third-order valence-electron chi connectivity index (χ3n) is 5.66. The number of hydrogen-bond donors (Lipinski definition) is 1. The van der Waals surface area contributed by atoms with Gasteiger partial charge < -0.3 is 14.8 Å². The van der Waals surface area contributed by atoms with Crippen molar-refractivity contribution >= 4 is 22.5 Å². The Hall–Kier alpha value is -3.08. The fourth-order valence-electron chi connectivity index (χ4n) is 4.00. The summed E-state index contributed by atoms with van der Waals surface area (Å²) in [6.45, 7) is 6.17. The Morgan fingerprint density at radius 3 is 2.59 bits per heavy atom. The number of likely N-dealkylation sites (N-methyl/N-ethyl adjacent to an activating group) is 1. The van der Waals surface area contributed by atoms with Crippen molar-refractivity contribution in [3.05, 3.63) is 75.1 Å². The highest BCUT2D eigenvalue weighted by atomic mass is 16.2. The molecule has 0 bridgehead atoms. The predicted octanol–water partition coefficient (Wildman–Crippen LogP) is 3.64. The maximum atomic E-state index is 13.2. The van der Waals surface area contributed by atoms with Crippen LogP contribution < -0.4 is 15.6 Å². The Labute approximate surface area is 171 Å². The number of anilines is 1. The van der Waals surface area contributed by atoms with Gasteiger partial charge in [0.15, 0.2) is 0 Å². The molecule has 0 unspecified atom stereocenters. The van der Waals surface area contributed by atoms with Crippen LogP contribution in [-0.4, -0.2) is 24.1 Å². The number of nitrogens with one attached hydrogen (secondary N) is 1. The third-order valence-corrected chi connectivity index (χ3v) is 5.66. The standard InChI is InChI=1S/C24H27N3O2/c1-4-5-18-12-19-22-21(13-18)26(3)10-11-27(22)15-20(23(19)28)24(29)25-14-17-8-6-16(2)7-9-17/h6-9,12-13,15H,4-5,10-11,14H2,1-3H3,(H,25,29). The molecule has 1 aliphatic heterocycles. The Bertz CT molecular complexity index is 1130. The second-order valence-electron chi connectivity index (χ2n) is 7.92. The number of carbonyl (C=O) groups excluding carboxylic acids is 1. The number of benzene rings is 2. The maximum absolute atomic E-state index is 13.2. The molecule has 2 heterocycles. The van der Waals surface area contributed by atoms with E-state index in [0.717, 1.165) is 48.3 Å². The fourth-order valence-corrected chi connectivity index (χ4v) is 4.00. The van der Waals surface area contributed by atoms with E-state index < -0.39 is 0 Å². The zero-order valence-corrected chi connectivity index (χ0v) is 17.3. The van der Waals surface area contributed by atoms with Crippen LogP contribution in [0.1, 0.15) is 40.4 Å². The highest BCUT2D eigenvalue weighted by molar-refractivity contribution is 6.00. The Kier molecular flexibility index (Phi) is 5.14. The molecule has 150 valence electrons. The zero-order chi connectivity index (χ0) is 20.5. The van der Waals surface area contributed by atoms with Gasteiger partial charge in [-0.2, -0.15) is 0 Å². The number of rotatable bonds is 5. The van der Waals surface area contributed by atoms with Crippen molar-refractivity contribution in [2.24, 2.45) is 0 Å². The third kappa shape index (κ3) is 3.65. The number of aromatic nitrogens is 1. The lowest BCUT2D eigenvalue weighted by Crippen LogP contribution is -2.33. The van der Waals surface area contributed by atoms with Crippen LogP contribution in [-0.2, 0) is 19.5 Å². The van der Waals surface area contributed by atoms with Crippen LogP contribution in [0.5, 0.6) is 0 Å². The quantitative estimate of drug-likeness (QED) is 0.725. The molecular formula is C24H27N3O2. The van der Waals surface area contributed by atoms with E-state index in [1.165, 1.54) is 5.56 Å². The molecule has 0 spiro atoms. The van der Waals surface area contributed by atoms with Gasteiger partial charge in [0.1, 0.15) is 5.56 Å². The van der Waals surface area contributed by atoms with Gasteiger partial charge in [0, 0.05) is 38.3 Å². The zero-order valence-electron chi connectivity index (χ0n) is 17.3. The van der Waals surface area contributed by atoms with Gasteiger partial charge in [0.2, 0.25) is 5.43 Å². The molecule has 2 aromatic carbocycles. The summed E-state index contributed by atoms with van der Waals surface area (Å²) in [6.07, 6.45) is 3.66. The van der Waals surface area contributed by atoms with E-state index in [2.05, 4.69) is 34.8 Å². The Morgan fingerprint density at radius 1 is 1.10 bits per heavy atom. The second-order valence-corrected chi connectivity index (χ2v) is 7.92. The summed E-state index contributed by atoms with van der Waals surface area (Å²) in [5.41, 5.74) is 5.36. The lowest BCUT2D eigenvalue weighted by atomic mass is 10.0. The summed E-state index contributed by atoms with van der Waals surface area (Å²) in [6, 6.07) is 12.2. The molecule has 1 amide bonds. The van der Waals surface area contributed by atoms with Crippen LogP contribution in [0.3, 0.4) is 0 Å². The van der Waals surface area contributed by atoms with Gasteiger partial charge in [-0.25, -0.2) is 0 Å². The summed E-state index contributed by atoms with van der Waals surface area (Å²) in [5.74, 6) is -0.317. The van der Waals surface area contributed by atoms with Gasteiger partial charge in [0.05, 0.1) is 11.2 Å². The molecule has 0 saturated heterocycles. The molecule has 5 nitrogen and oxygen atoms in total. The van der Waals surface area contributed by atoms with E-state index in [0.29, 0.717) is 11.9 Å². The molecule has 0 saturated carbocycles. The average molecular weight is 389 g/mol. The van der Waals surface area contributed by atoms with Gasteiger partial charge in [0.25, 0.3) is 5.91 Å². The first-order chi connectivity index (χ1) is 14.0. The number of nitrogens with zero attached hydrogens (tertiary/aromatic N) is 2. The van der Waals surface area contributed by atoms with E-state index >= 15 is 0 Å². The minimum Gasteiger partial charge on any atom is -0.371 e. The van der Waals surface area contributed by atoms with Crippen LogP contribution in [0.4, 0.5) is 5.69 Å². The predicted molar refractivity (Wildman–Crippen MR) is 118 cm³/mol. The van der Waals surface area contributed by atoms with Crippen molar-refractivity contribution in [3.8, 4) is 0 Å². The first kappa shape index (κ1) is 19.2. The van der Waals surface area contributed by atoms with Crippen LogP contribution in [0, 0.1) is 6.92 Å². The normalized spacial score (nSPS) is 13.0. The topological polar surface area (TPSA) is 54.3 Å². The lowest BCUT2D eigenvalue weighted by molar-refractivity contribution is 0.0949. The largest absolute Gasteiger partial charge is 0.371 e. The van der Waals surface area contributed by atoms with E-state index in [9.17, 15) is 9.59 Å². The summed E-state index contributed by atoms with van der Waals surface area (Å²) < 4.78 is 2.06. The van der Waals surface area contributed by atoms with E-state index in [1.54, 1.807) is 6.20 Å². The summed E-state index contributed by atoms with van der Waals surface area (Å²) in [5, 5.41) is 3.55. The van der Waals surface area contributed by atoms with E-state index in [1.807, 2.05) is 37.3 Å². The van der Waals surface area contributed by atoms with Gasteiger partial charge in [-0.15, -0.1) is 0 Å². The highest BCUT2D eigenvalue weighted by Crippen LogP contribution is 2.30. The minimum atomic E-state index is -0.317. The van der Waals surface area contributed by atoms with Crippen molar-refractivity contribution in [1.29, 1.82) is 0 Å². The van der Waals surface area contributed by atoms with Crippen molar-refractivity contribution in [2.45, 2.75) is 39.8 Å².